The Labute approximate surface area is 132 Å². The molecule has 22 heavy (non-hydrogen) atoms. The van der Waals surface area contributed by atoms with E-state index in [4.69, 9.17) is 0 Å². The molecule has 0 saturated carbocycles. The molecule has 0 radical (unpaired) electrons. The zero-order valence-corrected chi connectivity index (χ0v) is 13.4. The topological polar surface area (TPSA) is 36.1 Å². The number of hydrogen-bond acceptors (Lipinski definition) is 1. The number of aromatic nitrogens is 1. The lowest BCUT2D eigenvalue weighted by molar-refractivity contribution is -0.128. The second kappa shape index (κ2) is 7.64. The molecule has 0 bridgehead atoms. The van der Waals surface area contributed by atoms with Crippen LogP contribution in [0, 0.1) is 0 Å². The summed E-state index contributed by atoms with van der Waals surface area (Å²) in [6.07, 6.45) is 7.72. The molecule has 0 aliphatic carbocycles. The van der Waals surface area contributed by atoms with Crippen molar-refractivity contribution in [1.29, 1.82) is 0 Å². The standard InChI is InChI=1S/C19H24N2O/c1-4-8-15(2)14-21(16(3)22)12-7-9-17-13-20-19-11-6-5-10-18(17)19/h4-6,8,10-11,13,20H,1,7,9,12,14H2,2-3H3/b15-8+. The van der Waals surface area contributed by atoms with Gasteiger partial charge in [0.1, 0.15) is 0 Å². The molecule has 2 aromatic rings. The highest BCUT2D eigenvalue weighted by Gasteiger charge is 2.09. The summed E-state index contributed by atoms with van der Waals surface area (Å²) < 4.78 is 0. The maximum Gasteiger partial charge on any atom is 0.219 e. The first-order chi connectivity index (χ1) is 10.6. The van der Waals surface area contributed by atoms with Crippen molar-refractivity contribution in [2.24, 2.45) is 0 Å². The van der Waals surface area contributed by atoms with E-state index >= 15 is 0 Å². The van der Waals surface area contributed by atoms with Crippen molar-refractivity contribution < 1.29 is 4.79 Å². The van der Waals surface area contributed by atoms with E-state index in [0.717, 1.165) is 25.0 Å². The van der Waals surface area contributed by atoms with Crippen LogP contribution in [0.1, 0.15) is 25.8 Å². The van der Waals surface area contributed by atoms with Gasteiger partial charge in [0.25, 0.3) is 0 Å². The van der Waals surface area contributed by atoms with Crippen LogP contribution in [0.5, 0.6) is 0 Å². The Bertz CT molecular complexity index is 682. The number of para-hydroxylation sites is 1. The second-order valence-electron chi connectivity index (χ2n) is 5.65. The van der Waals surface area contributed by atoms with E-state index in [1.165, 1.54) is 16.5 Å². The van der Waals surface area contributed by atoms with E-state index in [1.807, 2.05) is 24.0 Å². The minimum absolute atomic E-state index is 0.121. The van der Waals surface area contributed by atoms with Crippen LogP contribution in [0.3, 0.4) is 0 Å². The van der Waals surface area contributed by atoms with Gasteiger partial charge in [-0.05, 0) is 31.4 Å². The van der Waals surface area contributed by atoms with E-state index in [2.05, 4.69) is 36.0 Å². The maximum absolute atomic E-state index is 11.8. The molecule has 1 aromatic heterocycles. The van der Waals surface area contributed by atoms with Gasteiger partial charge >= 0.3 is 0 Å². The molecular weight excluding hydrogens is 272 g/mol. The monoisotopic (exact) mass is 296 g/mol. The number of nitrogens with one attached hydrogen (secondary N) is 1. The first-order valence-corrected chi connectivity index (χ1v) is 7.70. The average molecular weight is 296 g/mol. The predicted octanol–water partition coefficient (Wildman–Crippen LogP) is 4.08. The van der Waals surface area contributed by atoms with E-state index in [9.17, 15) is 4.79 Å². The molecule has 0 aliphatic rings. The lowest BCUT2D eigenvalue weighted by Crippen LogP contribution is -2.31. The molecule has 0 aliphatic heterocycles. The third-order valence-electron chi connectivity index (χ3n) is 3.84. The van der Waals surface area contributed by atoms with Crippen LogP contribution in [-0.4, -0.2) is 28.9 Å². The predicted molar refractivity (Wildman–Crippen MR) is 92.8 cm³/mol. The maximum atomic E-state index is 11.8. The normalized spacial score (nSPS) is 11.6. The molecular formula is C19H24N2O. The van der Waals surface area contributed by atoms with Crippen molar-refractivity contribution in [3.8, 4) is 0 Å². The van der Waals surface area contributed by atoms with E-state index in [0.29, 0.717) is 6.54 Å². The number of allylic oxidation sites excluding steroid dienone is 2. The number of benzene rings is 1. The fraction of sp³-hybridized carbons (Fsp3) is 0.316. The zero-order chi connectivity index (χ0) is 15.9. The first kappa shape index (κ1) is 16.1. The van der Waals surface area contributed by atoms with Crippen molar-refractivity contribution in [3.05, 3.63) is 60.3 Å². The zero-order valence-electron chi connectivity index (χ0n) is 13.4. The van der Waals surface area contributed by atoms with Gasteiger partial charge in [0.05, 0.1) is 0 Å². The minimum atomic E-state index is 0.121. The Balaban J connectivity index is 1.94. The summed E-state index contributed by atoms with van der Waals surface area (Å²) in [5.41, 5.74) is 3.64. The molecule has 3 heteroatoms. The Kier molecular flexibility index (Phi) is 5.59. The molecule has 0 saturated heterocycles. The molecule has 0 unspecified atom stereocenters. The van der Waals surface area contributed by atoms with Gasteiger partial charge in [-0.3, -0.25) is 4.79 Å². The Morgan fingerprint density at radius 1 is 1.32 bits per heavy atom. The lowest BCUT2D eigenvalue weighted by Gasteiger charge is -2.21. The molecule has 116 valence electrons. The Morgan fingerprint density at radius 2 is 2.09 bits per heavy atom. The average Bonchev–Trinajstić information content (AvgIpc) is 2.90. The summed E-state index contributed by atoms with van der Waals surface area (Å²) in [4.78, 5) is 16.9. The highest BCUT2D eigenvalue weighted by atomic mass is 16.2. The fourth-order valence-electron chi connectivity index (χ4n) is 2.70. The van der Waals surface area contributed by atoms with Crippen LogP contribution >= 0.6 is 0 Å². The van der Waals surface area contributed by atoms with E-state index in [1.54, 1.807) is 13.0 Å². The molecule has 1 heterocycles. The second-order valence-corrected chi connectivity index (χ2v) is 5.65. The molecule has 1 N–H and O–H groups in total. The van der Waals surface area contributed by atoms with Crippen LogP contribution in [0.25, 0.3) is 10.9 Å². The summed E-state index contributed by atoms with van der Waals surface area (Å²) >= 11 is 0. The number of nitrogens with zero attached hydrogens (tertiary/aromatic N) is 1. The van der Waals surface area contributed by atoms with Crippen LogP contribution in [0.15, 0.2) is 54.8 Å². The van der Waals surface area contributed by atoms with Crippen molar-refractivity contribution in [3.63, 3.8) is 0 Å². The molecule has 1 amide bonds. The number of carbonyl (C=O) groups excluding carboxylic acids is 1. The molecule has 1 aromatic carbocycles. The highest BCUT2D eigenvalue weighted by Crippen LogP contribution is 2.19. The number of hydrogen-bond donors (Lipinski definition) is 1. The molecule has 0 atom stereocenters. The SMILES string of the molecule is C=C/C=C(\C)CN(CCCc1c[nH]c2ccccc12)C(C)=O. The third kappa shape index (κ3) is 4.10. The van der Waals surface area contributed by atoms with Gasteiger partial charge in [-0.25, -0.2) is 0 Å². The lowest BCUT2D eigenvalue weighted by atomic mass is 10.1. The van der Waals surface area contributed by atoms with Gasteiger partial charge in [0.2, 0.25) is 5.91 Å². The first-order valence-electron chi connectivity index (χ1n) is 7.70. The molecule has 0 fully saturated rings. The van der Waals surface area contributed by atoms with Crippen LogP contribution in [0.2, 0.25) is 0 Å². The van der Waals surface area contributed by atoms with Crippen molar-refractivity contribution >= 4 is 16.8 Å². The number of carbonyl (C=O) groups is 1. The van der Waals surface area contributed by atoms with Crippen molar-refractivity contribution in [2.75, 3.05) is 13.1 Å². The van der Waals surface area contributed by atoms with Crippen molar-refractivity contribution in [1.82, 2.24) is 9.88 Å². The largest absolute Gasteiger partial charge is 0.361 e. The summed E-state index contributed by atoms with van der Waals surface area (Å²) in [5, 5.41) is 1.28. The summed E-state index contributed by atoms with van der Waals surface area (Å²) in [6.45, 7) is 8.80. The number of aromatic amines is 1. The Morgan fingerprint density at radius 3 is 2.82 bits per heavy atom. The summed E-state index contributed by atoms with van der Waals surface area (Å²) in [6, 6.07) is 8.32. The molecule has 3 nitrogen and oxygen atoms in total. The smallest absolute Gasteiger partial charge is 0.219 e. The van der Waals surface area contributed by atoms with Gasteiger partial charge in [0.15, 0.2) is 0 Å². The van der Waals surface area contributed by atoms with Crippen LogP contribution in [0.4, 0.5) is 0 Å². The fourth-order valence-corrected chi connectivity index (χ4v) is 2.70. The summed E-state index contributed by atoms with van der Waals surface area (Å²) in [5.74, 6) is 0.121. The van der Waals surface area contributed by atoms with E-state index in [-0.39, 0.29) is 5.91 Å². The van der Waals surface area contributed by atoms with Crippen molar-refractivity contribution in [2.45, 2.75) is 26.7 Å². The number of rotatable bonds is 7. The number of H-pyrrole nitrogens is 1. The molecule has 0 spiro atoms. The quantitative estimate of drug-likeness (QED) is 0.768. The Hall–Kier alpha value is -2.29. The van der Waals surface area contributed by atoms with Gasteiger partial charge in [-0.2, -0.15) is 0 Å². The van der Waals surface area contributed by atoms with Crippen LogP contribution < -0.4 is 0 Å². The number of amides is 1. The highest BCUT2D eigenvalue weighted by molar-refractivity contribution is 5.83. The van der Waals surface area contributed by atoms with Gasteiger partial charge < -0.3 is 9.88 Å². The number of aryl methyl sites for hydroxylation is 1. The third-order valence-corrected chi connectivity index (χ3v) is 3.84. The summed E-state index contributed by atoms with van der Waals surface area (Å²) in [7, 11) is 0. The van der Waals surface area contributed by atoms with E-state index < -0.39 is 0 Å². The van der Waals surface area contributed by atoms with Gasteiger partial charge in [-0.15, -0.1) is 0 Å². The molecule has 2 rings (SSSR count). The van der Waals surface area contributed by atoms with Crippen LogP contribution in [-0.2, 0) is 11.2 Å². The van der Waals surface area contributed by atoms with Gasteiger partial charge in [-0.1, -0.05) is 42.5 Å². The number of fused-ring (bicyclic) bond motifs is 1. The van der Waals surface area contributed by atoms with Gasteiger partial charge in [0, 0.05) is 37.1 Å². The minimum Gasteiger partial charge on any atom is -0.361 e.